The van der Waals surface area contributed by atoms with Crippen LogP contribution in [-0.2, 0) is 12.8 Å². The van der Waals surface area contributed by atoms with E-state index in [1.807, 2.05) is 12.1 Å². The van der Waals surface area contributed by atoms with Crippen LogP contribution in [0.3, 0.4) is 0 Å². The van der Waals surface area contributed by atoms with Crippen molar-refractivity contribution >= 4 is 0 Å². The van der Waals surface area contributed by atoms with E-state index in [0.717, 1.165) is 24.4 Å². The van der Waals surface area contributed by atoms with E-state index in [-0.39, 0.29) is 6.04 Å². The first kappa shape index (κ1) is 10.6. The molecule has 0 saturated carbocycles. The van der Waals surface area contributed by atoms with Gasteiger partial charge >= 0.3 is 0 Å². The zero-order chi connectivity index (χ0) is 11.8. The smallest absolute Gasteiger partial charge is 0.121 e. The number of hydrogen-bond acceptors (Lipinski definition) is 2. The number of benzene rings is 1. The quantitative estimate of drug-likeness (QED) is 0.874. The van der Waals surface area contributed by atoms with E-state index in [9.17, 15) is 0 Å². The minimum atomic E-state index is -0.00907. The van der Waals surface area contributed by atoms with Crippen LogP contribution in [0.1, 0.15) is 41.5 Å². The molecule has 0 amide bonds. The van der Waals surface area contributed by atoms with E-state index in [4.69, 9.17) is 10.2 Å². The maximum Gasteiger partial charge on any atom is 0.121 e. The number of furan rings is 1. The van der Waals surface area contributed by atoms with Gasteiger partial charge in [-0.1, -0.05) is 31.2 Å². The Morgan fingerprint density at radius 3 is 2.82 bits per heavy atom. The lowest BCUT2D eigenvalue weighted by Crippen LogP contribution is -2.28. The van der Waals surface area contributed by atoms with Gasteiger partial charge in [0.25, 0.3) is 0 Å². The van der Waals surface area contributed by atoms with Gasteiger partial charge in [-0.15, -0.1) is 0 Å². The molecule has 3 rings (SSSR count). The standard InChI is InChI=1S/C15H17NO/c1-2-11-7-8-14(17-11)15(16)13-9-10-5-3-4-6-12(10)13/h3-8,13,15H,2,9,16H2,1H3. The third-order valence-electron chi connectivity index (χ3n) is 3.69. The number of fused-ring (bicyclic) bond motifs is 1. The molecule has 1 aliphatic rings. The average molecular weight is 227 g/mol. The Bertz CT molecular complexity index is 529. The molecule has 2 N–H and O–H groups in total. The Morgan fingerprint density at radius 2 is 2.12 bits per heavy atom. The Kier molecular flexibility index (Phi) is 2.52. The average Bonchev–Trinajstić information content (AvgIpc) is 2.79. The highest BCUT2D eigenvalue weighted by molar-refractivity contribution is 5.42. The fourth-order valence-corrected chi connectivity index (χ4v) is 2.58. The molecule has 2 aromatic rings. The van der Waals surface area contributed by atoms with E-state index in [1.165, 1.54) is 11.1 Å². The lowest BCUT2D eigenvalue weighted by atomic mass is 9.73. The molecule has 2 unspecified atom stereocenters. The third kappa shape index (κ3) is 1.69. The summed E-state index contributed by atoms with van der Waals surface area (Å²) in [6.45, 7) is 2.09. The van der Waals surface area contributed by atoms with Gasteiger partial charge in [-0.25, -0.2) is 0 Å². The molecule has 88 valence electrons. The third-order valence-corrected chi connectivity index (χ3v) is 3.69. The summed E-state index contributed by atoms with van der Waals surface area (Å²) >= 11 is 0. The number of aryl methyl sites for hydroxylation is 1. The largest absolute Gasteiger partial charge is 0.464 e. The van der Waals surface area contributed by atoms with E-state index >= 15 is 0 Å². The van der Waals surface area contributed by atoms with Crippen molar-refractivity contribution in [2.24, 2.45) is 5.73 Å². The van der Waals surface area contributed by atoms with Crippen LogP contribution in [0.25, 0.3) is 0 Å². The number of hydrogen-bond donors (Lipinski definition) is 1. The van der Waals surface area contributed by atoms with Crippen LogP contribution in [-0.4, -0.2) is 0 Å². The first-order valence-corrected chi connectivity index (χ1v) is 6.21. The Balaban J connectivity index is 1.83. The molecule has 1 heterocycles. The Morgan fingerprint density at radius 1 is 1.29 bits per heavy atom. The molecule has 0 saturated heterocycles. The minimum Gasteiger partial charge on any atom is -0.464 e. The summed E-state index contributed by atoms with van der Waals surface area (Å²) in [5.41, 5.74) is 9.10. The second-order valence-corrected chi connectivity index (χ2v) is 4.69. The van der Waals surface area contributed by atoms with Crippen LogP contribution in [0.4, 0.5) is 0 Å². The minimum absolute atomic E-state index is 0.00907. The fourth-order valence-electron chi connectivity index (χ4n) is 2.58. The van der Waals surface area contributed by atoms with Crippen molar-refractivity contribution in [3.8, 4) is 0 Å². The van der Waals surface area contributed by atoms with Crippen LogP contribution in [0.15, 0.2) is 40.8 Å². The van der Waals surface area contributed by atoms with Gasteiger partial charge in [0, 0.05) is 12.3 Å². The van der Waals surface area contributed by atoms with Crippen LogP contribution in [0.2, 0.25) is 0 Å². The normalized spacial score (nSPS) is 19.5. The van der Waals surface area contributed by atoms with Crippen LogP contribution >= 0.6 is 0 Å². The second kappa shape index (κ2) is 4.04. The summed E-state index contributed by atoms with van der Waals surface area (Å²) in [5, 5.41) is 0. The fraction of sp³-hybridized carbons (Fsp3) is 0.333. The molecule has 1 aromatic heterocycles. The van der Waals surface area contributed by atoms with Crippen molar-refractivity contribution < 1.29 is 4.42 Å². The number of nitrogens with two attached hydrogens (primary N) is 1. The zero-order valence-electron chi connectivity index (χ0n) is 10.0. The van der Waals surface area contributed by atoms with Gasteiger partial charge in [0.15, 0.2) is 0 Å². The van der Waals surface area contributed by atoms with Crippen molar-refractivity contribution in [1.29, 1.82) is 0 Å². The van der Waals surface area contributed by atoms with Crippen molar-refractivity contribution in [2.45, 2.75) is 31.7 Å². The van der Waals surface area contributed by atoms with Gasteiger partial charge in [-0.05, 0) is 29.7 Å². The summed E-state index contributed by atoms with van der Waals surface area (Å²) in [6, 6.07) is 12.6. The number of rotatable bonds is 3. The van der Waals surface area contributed by atoms with Gasteiger partial charge in [-0.3, -0.25) is 0 Å². The predicted molar refractivity (Wildman–Crippen MR) is 67.9 cm³/mol. The van der Waals surface area contributed by atoms with Gasteiger partial charge in [0.1, 0.15) is 11.5 Å². The molecule has 1 aromatic carbocycles. The SMILES string of the molecule is CCc1ccc(C(N)C2Cc3ccccc32)o1. The molecule has 2 nitrogen and oxygen atoms in total. The zero-order valence-corrected chi connectivity index (χ0v) is 10.0. The Labute approximate surface area is 101 Å². The molecule has 2 atom stereocenters. The van der Waals surface area contributed by atoms with Gasteiger partial charge in [0.2, 0.25) is 0 Å². The lowest BCUT2D eigenvalue weighted by molar-refractivity contribution is 0.386. The monoisotopic (exact) mass is 227 g/mol. The second-order valence-electron chi connectivity index (χ2n) is 4.69. The van der Waals surface area contributed by atoms with Crippen LogP contribution in [0, 0.1) is 0 Å². The van der Waals surface area contributed by atoms with E-state index in [0.29, 0.717) is 5.92 Å². The van der Waals surface area contributed by atoms with Crippen LogP contribution < -0.4 is 5.73 Å². The summed E-state index contributed by atoms with van der Waals surface area (Å²) in [7, 11) is 0. The molecule has 0 aliphatic heterocycles. The predicted octanol–water partition coefficient (Wildman–Crippen LogP) is 3.18. The molecule has 0 fully saturated rings. The van der Waals surface area contributed by atoms with E-state index < -0.39 is 0 Å². The van der Waals surface area contributed by atoms with Gasteiger partial charge < -0.3 is 10.2 Å². The Hall–Kier alpha value is -1.54. The molecule has 2 heteroatoms. The summed E-state index contributed by atoms with van der Waals surface area (Å²) < 4.78 is 5.74. The van der Waals surface area contributed by atoms with Gasteiger partial charge in [0.05, 0.1) is 6.04 Å². The highest BCUT2D eigenvalue weighted by Gasteiger charge is 2.32. The molecule has 1 aliphatic carbocycles. The lowest BCUT2D eigenvalue weighted by Gasteiger charge is -2.33. The highest BCUT2D eigenvalue weighted by Crippen LogP contribution is 2.42. The molecule has 0 bridgehead atoms. The maximum atomic E-state index is 6.29. The molecular weight excluding hydrogens is 210 g/mol. The highest BCUT2D eigenvalue weighted by atomic mass is 16.3. The topological polar surface area (TPSA) is 39.2 Å². The summed E-state index contributed by atoms with van der Waals surface area (Å²) in [5.74, 6) is 2.35. The first-order valence-electron chi connectivity index (χ1n) is 6.21. The van der Waals surface area contributed by atoms with Crippen molar-refractivity contribution in [1.82, 2.24) is 0 Å². The van der Waals surface area contributed by atoms with Crippen molar-refractivity contribution in [3.63, 3.8) is 0 Å². The maximum absolute atomic E-state index is 6.29. The molecule has 0 spiro atoms. The van der Waals surface area contributed by atoms with E-state index in [1.54, 1.807) is 0 Å². The van der Waals surface area contributed by atoms with E-state index in [2.05, 4.69) is 31.2 Å². The summed E-state index contributed by atoms with van der Waals surface area (Å²) in [6.07, 6.45) is 1.99. The molecular formula is C15H17NO. The first-order chi connectivity index (χ1) is 8.29. The van der Waals surface area contributed by atoms with Gasteiger partial charge in [-0.2, -0.15) is 0 Å². The van der Waals surface area contributed by atoms with Crippen molar-refractivity contribution in [3.05, 3.63) is 59.0 Å². The molecule has 17 heavy (non-hydrogen) atoms. The van der Waals surface area contributed by atoms with Crippen molar-refractivity contribution in [2.75, 3.05) is 0 Å². The summed E-state index contributed by atoms with van der Waals surface area (Å²) in [4.78, 5) is 0. The van der Waals surface area contributed by atoms with Crippen LogP contribution in [0.5, 0.6) is 0 Å². The molecule has 0 radical (unpaired) electrons.